The van der Waals surface area contributed by atoms with Gasteiger partial charge < -0.3 is 15.6 Å². The van der Waals surface area contributed by atoms with Crippen molar-refractivity contribution in [2.24, 2.45) is 11.7 Å². The minimum atomic E-state index is 0.0156. The van der Waals surface area contributed by atoms with Gasteiger partial charge in [0.25, 0.3) is 5.89 Å². The predicted octanol–water partition coefficient (Wildman–Crippen LogP) is 4.16. The fourth-order valence-corrected chi connectivity index (χ4v) is 2.76. The van der Waals surface area contributed by atoms with Crippen LogP contribution in [0, 0.1) is 12.8 Å². The summed E-state index contributed by atoms with van der Waals surface area (Å²) in [5, 5.41) is 7.01. The zero-order chi connectivity index (χ0) is 19.4. The maximum Gasteiger partial charge on any atom is 0.258 e. The normalized spacial score (nSPS) is 11.0. The number of anilines is 1. The summed E-state index contributed by atoms with van der Waals surface area (Å²) in [5.74, 6) is 1.30. The largest absolute Gasteiger partial charge is 0.334 e. The van der Waals surface area contributed by atoms with Crippen LogP contribution < -0.4 is 11.1 Å². The quantitative estimate of drug-likeness (QED) is 0.685. The van der Waals surface area contributed by atoms with Crippen molar-refractivity contribution in [2.75, 3.05) is 5.32 Å². The van der Waals surface area contributed by atoms with Crippen molar-refractivity contribution < 1.29 is 9.32 Å². The van der Waals surface area contributed by atoms with Gasteiger partial charge in [-0.1, -0.05) is 43.3 Å². The first-order valence-electron chi connectivity index (χ1n) is 9.00. The second kappa shape index (κ2) is 8.14. The summed E-state index contributed by atoms with van der Waals surface area (Å²) < 4.78 is 5.42. The number of nitrogens with one attached hydrogen (secondary N) is 1. The average molecular weight is 364 g/mol. The minimum Gasteiger partial charge on any atom is -0.334 e. The summed E-state index contributed by atoms with van der Waals surface area (Å²) in [4.78, 5) is 16.5. The maximum atomic E-state index is 12.0. The van der Waals surface area contributed by atoms with Gasteiger partial charge in [0.1, 0.15) is 0 Å². The third-order valence-corrected chi connectivity index (χ3v) is 4.21. The van der Waals surface area contributed by atoms with E-state index in [4.69, 9.17) is 10.3 Å². The first-order valence-corrected chi connectivity index (χ1v) is 9.00. The lowest BCUT2D eigenvalue weighted by Gasteiger charge is -2.10. The highest BCUT2D eigenvalue weighted by Gasteiger charge is 2.13. The highest BCUT2D eigenvalue weighted by Crippen LogP contribution is 2.26. The van der Waals surface area contributed by atoms with Crippen LogP contribution in [-0.2, 0) is 11.3 Å². The first kappa shape index (κ1) is 18.8. The zero-order valence-electron chi connectivity index (χ0n) is 15.8. The predicted molar refractivity (Wildman–Crippen MR) is 106 cm³/mol. The van der Waals surface area contributed by atoms with E-state index in [-0.39, 0.29) is 5.91 Å². The number of hydrogen-bond donors (Lipinski definition) is 2. The number of hydrogen-bond acceptors (Lipinski definition) is 5. The van der Waals surface area contributed by atoms with Gasteiger partial charge in [-0.05, 0) is 42.2 Å². The van der Waals surface area contributed by atoms with Crippen molar-refractivity contribution in [1.29, 1.82) is 0 Å². The van der Waals surface area contributed by atoms with Crippen LogP contribution in [0.2, 0.25) is 0 Å². The van der Waals surface area contributed by atoms with Crippen molar-refractivity contribution in [2.45, 2.75) is 33.7 Å². The fourth-order valence-electron chi connectivity index (χ4n) is 2.76. The Balaban J connectivity index is 1.78. The number of benzene rings is 2. The zero-order valence-corrected chi connectivity index (χ0v) is 15.8. The molecule has 0 atom stereocenters. The maximum absolute atomic E-state index is 12.0. The van der Waals surface area contributed by atoms with E-state index in [0.717, 1.165) is 27.9 Å². The summed E-state index contributed by atoms with van der Waals surface area (Å²) in [6.07, 6.45) is 0.497. The number of aromatic nitrogens is 2. The van der Waals surface area contributed by atoms with Crippen molar-refractivity contribution in [3.63, 3.8) is 0 Å². The van der Waals surface area contributed by atoms with Crippen LogP contribution in [0.1, 0.15) is 31.4 Å². The van der Waals surface area contributed by atoms with E-state index in [0.29, 0.717) is 30.6 Å². The van der Waals surface area contributed by atoms with Gasteiger partial charge in [0, 0.05) is 29.8 Å². The summed E-state index contributed by atoms with van der Waals surface area (Å²) in [5.41, 5.74) is 10.1. The molecule has 27 heavy (non-hydrogen) atoms. The Bertz CT molecular complexity index is 930. The molecule has 6 nitrogen and oxygen atoms in total. The molecule has 0 aliphatic carbocycles. The van der Waals surface area contributed by atoms with Crippen LogP contribution in [0.25, 0.3) is 22.8 Å². The number of nitrogens with zero attached hydrogens (tertiary/aromatic N) is 2. The molecule has 0 saturated heterocycles. The molecule has 3 rings (SSSR count). The molecule has 0 spiro atoms. The minimum absolute atomic E-state index is 0.0156. The highest BCUT2D eigenvalue weighted by molar-refractivity contribution is 5.91. The Morgan fingerprint density at radius 3 is 2.48 bits per heavy atom. The van der Waals surface area contributed by atoms with Gasteiger partial charge >= 0.3 is 0 Å². The van der Waals surface area contributed by atoms with Gasteiger partial charge in [0.05, 0.1) is 0 Å². The molecule has 3 N–H and O–H groups in total. The van der Waals surface area contributed by atoms with Crippen LogP contribution in [0.4, 0.5) is 5.69 Å². The van der Waals surface area contributed by atoms with Crippen molar-refractivity contribution >= 4 is 11.6 Å². The van der Waals surface area contributed by atoms with Crippen LogP contribution in [0.5, 0.6) is 0 Å². The van der Waals surface area contributed by atoms with Crippen molar-refractivity contribution in [3.05, 3.63) is 53.6 Å². The molecular formula is C21H24N4O2. The molecule has 0 bridgehead atoms. The Kier molecular flexibility index (Phi) is 5.66. The number of aryl methyl sites for hydroxylation is 1. The molecule has 1 aromatic heterocycles. The lowest BCUT2D eigenvalue weighted by molar-refractivity contribution is -0.116. The summed E-state index contributed by atoms with van der Waals surface area (Å²) in [6.45, 7) is 6.48. The Hall–Kier alpha value is -2.99. The monoisotopic (exact) mass is 364 g/mol. The van der Waals surface area contributed by atoms with Gasteiger partial charge in [0.2, 0.25) is 11.7 Å². The SMILES string of the molecule is Cc1cc(-c2nc(-c3ccc(CN)cc3)no2)ccc1NC(=O)CC(C)C. The Morgan fingerprint density at radius 1 is 1.15 bits per heavy atom. The summed E-state index contributed by atoms with van der Waals surface area (Å²) in [6, 6.07) is 13.4. The standard InChI is InChI=1S/C21H24N4O2/c1-13(2)10-19(26)23-18-9-8-17(11-14(18)3)21-24-20(25-27-21)16-6-4-15(12-22)5-7-16/h4-9,11,13H,10,12,22H2,1-3H3,(H,23,26). The van der Waals surface area contributed by atoms with Gasteiger partial charge in [0.15, 0.2) is 0 Å². The number of carbonyl (C=O) groups is 1. The van der Waals surface area contributed by atoms with Crippen LogP contribution in [-0.4, -0.2) is 16.0 Å². The third-order valence-electron chi connectivity index (χ3n) is 4.21. The molecule has 0 aliphatic heterocycles. The number of carbonyl (C=O) groups excluding carboxylic acids is 1. The van der Waals surface area contributed by atoms with Crippen LogP contribution >= 0.6 is 0 Å². The molecular weight excluding hydrogens is 340 g/mol. The number of amides is 1. The number of rotatable bonds is 6. The van der Waals surface area contributed by atoms with Gasteiger partial charge in [-0.2, -0.15) is 4.98 Å². The van der Waals surface area contributed by atoms with E-state index in [9.17, 15) is 4.79 Å². The van der Waals surface area contributed by atoms with Crippen LogP contribution in [0.15, 0.2) is 47.0 Å². The molecule has 0 fully saturated rings. The van der Waals surface area contributed by atoms with E-state index in [1.165, 1.54) is 0 Å². The first-order chi connectivity index (χ1) is 13.0. The second-order valence-corrected chi connectivity index (χ2v) is 7.00. The molecule has 140 valence electrons. The van der Waals surface area contributed by atoms with Crippen molar-refractivity contribution in [1.82, 2.24) is 10.1 Å². The highest BCUT2D eigenvalue weighted by atomic mass is 16.5. The third kappa shape index (κ3) is 4.60. The van der Waals surface area contributed by atoms with E-state index in [1.807, 2.05) is 63.2 Å². The van der Waals surface area contributed by atoms with E-state index in [2.05, 4.69) is 15.5 Å². The van der Waals surface area contributed by atoms with Gasteiger partial charge in [-0.3, -0.25) is 4.79 Å². The Labute approximate surface area is 158 Å². The second-order valence-electron chi connectivity index (χ2n) is 7.00. The van der Waals surface area contributed by atoms with E-state index < -0.39 is 0 Å². The molecule has 1 amide bonds. The molecule has 0 saturated carbocycles. The smallest absolute Gasteiger partial charge is 0.258 e. The molecule has 0 aliphatic rings. The molecule has 1 heterocycles. The molecule has 0 radical (unpaired) electrons. The molecule has 3 aromatic rings. The molecule has 0 unspecified atom stereocenters. The van der Waals surface area contributed by atoms with Gasteiger partial charge in [-0.15, -0.1) is 0 Å². The lowest BCUT2D eigenvalue weighted by Crippen LogP contribution is -2.14. The van der Waals surface area contributed by atoms with E-state index >= 15 is 0 Å². The molecule has 2 aromatic carbocycles. The van der Waals surface area contributed by atoms with Crippen LogP contribution in [0.3, 0.4) is 0 Å². The molecule has 6 heteroatoms. The van der Waals surface area contributed by atoms with Crippen molar-refractivity contribution in [3.8, 4) is 22.8 Å². The average Bonchev–Trinajstić information content (AvgIpc) is 3.13. The Morgan fingerprint density at radius 2 is 1.85 bits per heavy atom. The van der Waals surface area contributed by atoms with Gasteiger partial charge in [-0.25, -0.2) is 0 Å². The topological polar surface area (TPSA) is 94.0 Å². The fraction of sp³-hybridized carbons (Fsp3) is 0.286. The summed E-state index contributed by atoms with van der Waals surface area (Å²) >= 11 is 0. The number of nitrogens with two attached hydrogens (primary N) is 1. The summed E-state index contributed by atoms with van der Waals surface area (Å²) in [7, 11) is 0. The van der Waals surface area contributed by atoms with E-state index in [1.54, 1.807) is 0 Å². The lowest BCUT2D eigenvalue weighted by atomic mass is 10.1.